The first-order valence-corrected chi connectivity index (χ1v) is 7.55. The van der Waals surface area contributed by atoms with E-state index in [1.807, 2.05) is 0 Å². The van der Waals surface area contributed by atoms with Crippen LogP contribution in [-0.2, 0) is 4.79 Å². The Morgan fingerprint density at radius 3 is 2.57 bits per heavy atom. The second-order valence-electron chi connectivity index (χ2n) is 5.78. The molecule has 0 bridgehead atoms. The predicted octanol–water partition coefficient (Wildman–Crippen LogP) is 1.53. The lowest BCUT2D eigenvalue weighted by molar-refractivity contribution is -0.124. The van der Waals surface area contributed by atoms with Crippen molar-refractivity contribution in [1.82, 2.24) is 10.6 Å². The van der Waals surface area contributed by atoms with Gasteiger partial charge in [-0.2, -0.15) is 0 Å². The van der Waals surface area contributed by atoms with Crippen LogP contribution in [0.1, 0.15) is 35.2 Å². The van der Waals surface area contributed by atoms with E-state index in [2.05, 4.69) is 10.6 Å². The molecule has 2 rings (SSSR count). The quantitative estimate of drug-likeness (QED) is 0.709. The van der Waals surface area contributed by atoms with Gasteiger partial charge in [-0.25, -0.2) is 4.39 Å². The molecule has 0 spiro atoms. The molecule has 1 aliphatic rings. The van der Waals surface area contributed by atoms with E-state index in [4.69, 9.17) is 5.73 Å². The van der Waals surface area contributed by atoms with Gasteiger partial charge in [0.15, 0.2) is 0 Å². The molecule has 0 saturated heterocycles. The van der Waals surface area contributed by atoms with Crippen LogP contribution in [0.5, 0.6) is 0 Å². The number of aryl methyl sites for hydroxylation is 1. The number of carbonyl (C=O) groups excluding carboxylic acids is 2. The van der Waals surface area contributed by atoms with Crippen LogP contribution in [0.15, 0.2) is 18.2 Å². The highest BCUT2D eigenvalue weighted by Gasteiger charge is 2.27. The number of halogens is 2. The van der Waals surface area contributed by atoms with Gasteiger partial charge in [-0.3, -0.25) is 9.59 Å². The van der Waals surface area contributed by atoms with Crippen molar-refractivity contribution in [2.75, 3.05) is 13.1 Å². The second-order valence-corrected chi connectivity index (χ2v) is 5.78. The van der Waals surface area contributed by atoms with Crippen LogP contribution in [0, 0.1) is 18.7 Å². The molecule has 128 valence electrons. The standard InChI is InChI=1S/C16H22FN3O2.ClH/c1-10-2-3-12(9-14(10)17)16(22)20-7-6-19-15(21)11-4-5-13(18)8-11;/h2-3,9,11,13H,4-8,18H2,1H3,(H,19,21)(H,20,22);1H. The summed E-state index contributed by atoms with van der Waals surface area (Å²) >= 11 is 0. The summed E-state index contributed by atoms with van der Waals surface area (Å²) in [5, 5.41) is 5.44. The minimum atomic E-state index is -0.404. The van der Waals surface area contributed by atoms with E-state index < -0.39 is 5.82 Å². The first-order valence-electron chi connectivity index (χ1n) is 7.55. The Morgan fingerprint density at radius 2 is 1.96 bits per heavy atom. The van der Waals surface area contributed by atoms with Crippen molar-refractivity contribution in [2.45, 2.75) is 32.2 Å². The highest BCUT2D eigenvalue weighted by atomic mass is 35.5. The van der Waals surface area contributed by atoms with E-state index in [0.29, 0.717) is 18.7 Å². The van der Waals surface area contributed by atoms with Crippen molar-refractivity contribution in [1.29, 1.82) is 0 Å². The average molecular weight is 344 g/mol. The fourth-order valence-corrected chi connectivity index (χ4v) is 2.60. The third kappa shape index (κ3) is 5.48. The Hall–Kier alpha value is -1.66. The molecule has 0 aliphatic heterocycles. The van der Waals surface area contributed by atoms with Crippen molar-refractivity contribution >= 4 is 24.2 Å². The monoisotopic (exact) mass is 343 g/mol. The molecule has 23 heavy (non-hydrogen) atoms. The average Bonchev–Trinajstić information content (AvgIpc) is 2.92. The number of rotatable bonds is 5. The van der Waals surface area contributed by atoms with Crippen LogP contribution < -0.4 is 16.4 Å². The normalized spacial score (nSPS) is 19.8. The van der Waals surface area contributed by atoms with Crippen LogP contribution in [0.4, 0.5) is 4.39 Å². The Morgan fingerprint density at radius 1 is 1.26 bits per heavy atom. The third-order valence-corrected chi connectivity index (χ3v) is 3.99. The molecular weight excluding hydrogens is 321 g/mol. The maximum atomic E-state index is 13.4. The highest BCUT2D eigenvalue weighted by Crippen LogP contribution is 2.23. The van der Waals surface area contributed by atoms with Gasteiger partial charge in [0.2, 0.25) is 5.91 Å². The van der Waals surface area contributed by atoms with E-state index in [9.17, 15) is 14.0 Å². The molecule has 2 atom stereocenters. The van der Waals surface area contributed by atoms with Crippen molar-refractivity contribution in [3.05, 3.63) is 35.1 Å². The SMILES string of the molecule is Cc1ccc(C(=O)NCCNC(=O)C2CCC(N)C2)cc1F.Cl. The lowest BCUT2D eigenvalue weighted by Crippen LogP contribution is -2.37. The largest absolute Gasteiger partial charge is 0.354 e. The third-order valence-electron chi connectivity index (χ3n) is 3.99. The predicted molar refractivity (Wildman–Crippen MR) is 89.0 cm³/mol. The lowest BCUT2D eigenvalue weighted by atomic mass is 10.1. The summed E-state index contributed by atoms with van der Waals surface area (Å²) in [7, 11) is 0. The summed E-state index contributed by atoms with van der Waals surface area (Å²) in [6.45, 7) is 2.30. The van der Waals surface area contributed by atoms with Crippen LogP contribution in [-0.4, -0.2) is 30.9 Å². The van der Waals surface area contributed by atoms with Crippen molar-refractivity contribution in [2.24, 2.45) is 11.7 Å². The number of nitrogens with two attached hydrogens (primary N) is 1. The Bertz CT molecular complexity index is 568. The zero-order valence-electron chi connectivity index (χ0n) is 13.1. The molecule has 7 heteroatoms. The maximum Gasteiger partial charge on any atom is 0.251 e. The van der Waals surface area contributed by atoms with E-state index in [-0.39, 0.29) is 41.7 Å². The summed E-state index contributed by atoms with van der Waals surface area (Å²) in [6, 6.07) is 4.47. The molecule has 1 aliphatic carbocycles. The van der Waals surface area contributed by atoms with Crippen LogP contribution in [0.25, 0.3) is 0 Å². The van der Waals surface area contributed by atoms with Gasteiger partial charge in [-0.1, -0.05) is 6.07 Å². The Kier molecular flexibility index (Phi) is 7.45. The smallest absolute Gasteiger partial charge is 0.251 e. The number of amides is 2. The fourth-order valence-electron chi connectivity index (χ4n) is 2.60. The molecule has 0 aromatic heterocycles. The van der Waals surface area contributed by atoms with Crippen LogP contribution in [0.3, 0.4) is 0 Å². The molecule has 0 heterocycles. The van der Waals surface area contributed by atoms with Crippen molar-refractivity contribution in [3.63, 3.8) is 0 Å². The highest BCUT2D eigenvalue weighted by molar-refractivity contribution is 5.94. The topological polar surface area (TPSA) is 84.2 Å². The van der Waals surface area contributed by atoms with Gasteiger partial charge in [0, 0.05) is 30.6 Å². The molecule has 2 amide bonds. The number of carbonyl (C=O) groups is 2. The minimum Gasteiger partial charge on any atom is -0.354 e. The summed E-state index contributed by atoms with van der Waals surface area (Å²) < 4.78 is 13.4. The van der Waals surface area contributed by atoms with Crippen LogP contribution >= 0.6 is 12.4 Å². The Labute approximate surface area is 141 Å². The first-order chi connectivity index (χ1) is 10.5. The number of nitrogens with one attached hydrogen (secondary N) is 2. The number of hydrogen-bond donors (Lipinski definition) is 3. The minimum absolute atomic E-state index is 0. The second kappa shape index (κ2) is 8.84. The summed E-state index contributed by atoms with van der Waals surface area (Å²) in [6.07, 6.45) is 2.43. The van der Waals surface area contributed by atoms with Gasteiger partial charge in [0.25, 0.3) is 5.91 Å². The summed E-state index contributed by atoms with van der Waals surface area (Å²) in [5.41, 5.74) is 6.55. The zero-order chi connectivity index (χ0) is 16.1. The van der Waals surface area contributed by atoms with Gasteiger partial charge in [-0.15, -0.1) is 12.4 Å². The van der Waals surface area contributed by atoms with Gasteiger partial charge in [-0.05, 0) is 43.9 Å². The molecule has 1 saturated carbocycles. The van der Waals surface area contributed by atoms with Gasteiger partial charge < -0.3 is 16.4 Å². The zero-order valence-corrected chi connectivity index (χ0v) is 13.9. The number of hydrogen-bond acceptors (Lipinski definition) is 3. The molecule has 5 nitrogen and oxygen atoms in total. The molecule has 2 unspecified atom stereocenters. The first kappa shape index (κ1) is 19.4. The van der Waals surface area contributed by atoms with E-state index in [1.165, 1.54) is 6.07 Å². The number of benzene rings is 1. The molecule has 1 fully saturated rings. The molecule has 1 aromatic rings. The molecular formula is C16H23ClFN3O2. The van der Waals surface area contributed by atoms with Crippen molar-refractivity contribution < 1.29 is 14.0 Å². The van der Waals surface area contributed by atoms with E-state index in [0.717, 1.165) is 19.3 Å². The summed E-state index contributed by atoms with van der Waals surface area (Å²) in [5.74, 6) is -0.782. The summed E-state index contributed by atoms with van der Waals surface area (Å²) in [4.78, 5) is 23.7. The van der Waals surface area contributed by atoms with Gasteiger partial charge >= 0.3 is 0 Å². The Balaban J connectivity index is 0.00000264. The van der Waals surface area contributed by atoms with Gasteiger partial charge in [0.1, 0.15) is 5.82 Å². The lowest BCUT2D eigenvalue weighted by Gasteiger charge is -2.11. The molecule has 1 aromatic carbocycles. The maximum absolute atomic E-state index is 13.4. The molecule has 4 N–H and O–H groups in total. The van der Waals surface area contributed by atoms with Crippen LogP contribution in [0.2, 0.25) is 0 Å². The molecule has 0 radical (unpaired) electrons. The fraction of sp³-hybridized carbons (Fsp3) is 0.500. The van der Waals surface area contributed by atoms with Crippen molar-refractivity contribution in [3.8, 4) is 0 Å². The van der Waals surface area contributed by atoms with Gasteiger partial charge in [0.05, 0.1) is 0 Å². The van der Waals surface area contributed by atoms with E-state index in [1.54, 1.807) is 19.1 Å². The van der Waals surface area contributed by atoms with E-state index >= 15 is 0 Å².